The van der Waals surface area contributed by atoms with E-state index in [-0.39, 0.29) is 23.8 Å². The molecule has 1 aliphatic rings. The third-order valence-electron chi connectivity index (χ3n) is 5.10. The van der Waals surface area contributed by atoms with Gasteiger partial charge in [0.05, 0.1) is 37.4 Å². The minimum Gasteiger partial charge on any atom is -0.493 e. The summed E-state index contributed by atoms with van der Waals surface area (Å²) < 4.78 is 12.2. The van der Waals surface area contributed by atoms with Gasteiger partial charge < -0.3 is 14.8 Å². The molecule has 1 fully saturated rings. The van der Waals surface area contributed by atoms with E-state index < -0.39 is 6.03 Å². The number of carbonyl (C=O) groups is 2. The third kappa shape index (κ3) is 4.26. The van der Waals surface area contributed by atoms with Crippen LogP contribution in [0.1, 0.15) is 5.56 Å². The highest BCUT2D eigenvalue weighted by atomic mass is 32.2. The van der Waals surface area contributed by atoms with E-state index in [1.54, 1.807) is 44.6 Å². The molecular formula is C22H22N4O5S. The summed E-state index contributed by atoms with van der Waals surface area (Å²) in [6.45, 7) is 1.01. The SMILES string of the molecule is COc1ccc(Cn2c(SCC(=O)N3CCNC3=O)nc3ccccc3c2=O)cc1OC. The van der Waals surface area contributed by atoms with Gasteiger partial charge in [0.1, 0.15) is 0 Å². The van der Waals surface area contributed by atoms with Crippen LogP contribution in [-0.2, 0) is 11.3 Å². The van der Waals surface area contributed by atoms with Crippen LogP contribution >= 0.6 is 11.8 Å². The molecule has 0 spiro atoms. The minimum atomic E-state index is -0.398. The number of nitrogens with one attached hydrogen (secondary N) is 1. The zero-order chi connectivity index (χ0) is 22.7. The fraction of sp³-hybridized carbons (Fsp3) is 0.273. The first-order chi connectivity index (χ1) is 15.5. The van der Waals surface area contributed by atoms with Crippen molar-refractivity contribution in [1.29, 1.82) is 0 Å². The van der Waals surface area contributed by atoms with Crippen molar-refractivity contribution in [2.24, 2.45) is 0 Å². The van der Waals surface area contributed by atoms with Gasteiger partial charge in [0.2, 0.25) is 5.91 Å². The van der Waals surface area contributed by atoms with Crippen LogP contribution in [0.25, 0.3) is 10.9 Å². The van der Waals surface area contributed by atoms with Crippen LogP contribution in [0.5, 0.6) is 11.5 Å². The van der Waals surface area contributed by atoms with E-state index in [1.165, 1.54) is 9.47 Å². The molecule has 0 aliphatic carbocycles. The van der Waals surface area contributed by atoms with Gasteiger partial charge in [-0.1, -0.05) is 30.0 Å². The monoisotopic (exact) mass is 454 g/mol. The largest absolute Gasteiger partial charge is 0.493 e. The molecule has 3 aromatic rings. The third-order valence-corrected chi connectivity index (χ3v) is 6.06. The summed E-state index contributed by atoms with van der Waals surface area (Å²) in [4.78, 5) is 43.3. The summed E-state index contributed by atoms with van der Waals surface area (Å²) in [5.74, 6) is 0.801. The number of aromatic nitrogens is 2. The van der Waals surface area contributed by atoms with Crippen molar-refractivity contribution in [3.63, 3.8) is 0 Å². The smallest absolute Gasteiger partial charge is 0.324 e. The number of hydrogen-bond donors (Lipinski definition) is 1. The van der Waals surface area contributed by atoms with E-state index in [0.29, 0.717) is 40.6 Å². The number of amides is 3. The van der Waals surface area contributed by atoms with Crippen molar-refractivity contribution >= 4 is 34.6 Å². The maximum absolute atomic E-state index is 13.3. The van der Waals surface area contributed by atoms with Gasteiger partial charge in [0, 0.05) is 13.1 Å². The number of rotatable bonds is 7. The lowest BCUT2D eigenvalue weighted by Crippen LogP contribution is -2.35. The first-order valence-electron chi connectivity index (χ1n) is 9.93. The molecule has 10 heteroatoms. The number of nitrogens with zero attached hydrogens (tertiary/aromatic N) is 3. The average molecular weight is 455 g/mol. The Kier molecular flexibility index (Phi) is 6.31. The lowest BCUT2D eigenvalue weighted by molar-refractivity contribution is -0.124. The van der Waals surface area contributed by atoms with Gasteiger partial charge in [0.25, 0.3) is 5.56 Å². The van der Waals surface area contributed by atoms with E-state index >= 15 is 0 Å². The fourth-order valence-electron chi connectivity index (χ4n) is 3.47. The number of carbonyl (C=O) groups excluding carboxylic acids is 2. The number of thioether (sulfide) groups is 1. The molecule has 1 aliphatic heterocycles. The maximum Gasteiger partial charge on any atom is 0.324 e. The number of methoxy groups -OCH3 is 2. The van der Waals surface area contributed by atoms with Crippen molar-refractivity contribution in [3.8, 4) is 11.5 Å². The van der Waals surface area contributed by atoms with Crippen LogP contribution in [0.3, 0.4) is 0 Å². The van der Waals surface area contributed by atoms with E-state index in [4.69, 9.17) is 9.47 Å². The number of para-hydroxylation sites is 1. The summed E-state index contributed by atoms with van der Waals surface area (Å²) in [5.41, 5.74) is 1.16. The highest BCUT2D eigenvalue weighted by Gasteiger charge is 2.26. The molecule has 0 bridgehead atoms. The van der Waals surface area contributed by atoms with Gasteiger partial charge >= 0.3 is 6.03 Å². The summed E-state index contributed by atoms with van der Waals surface area (Å²) in [7, 11) is 3.11. The van der Waals surface area contributed by atoms with Gasteiger partial charge in [0.15, 0.2) is 16.7 Å². The zero-order valence-electron chi connectivity index (χ0n) is 17.7. The molecule has 0 atom stereocenters. The molecule has 0 unspecified atom stereocenters. The number of fused-ring (bicyclic) bond motifs is 1. The molecule has 0 saturated carbocycles. The van der Waals surface area contributed by atoms with E-state index in [1.807, 2.05) is 12.1 Å². The van der Waals surface area contributed by atoms with E-state index in [0.717, 1.165) is 17.3 Å². The van der Waals surface area contributed by atoms with Crippen molar-refractivity contribution in [2.45, 2.75) is 11.7 Å². The number of imide groups is 1. The first kappa shape index (κ1) is 21.7. The molecule has 2 heterocycles. The number of hydrogen-bond acceptors (Lipinski definition) is 7. The Labute approximate surface area is 188 Å². The highest BCUT2D eigenvalue weighted by Crippen LogP contribution is 2.28. The summed E-state index contributed by atoms with van der Waals surface area (Å²) in [6, 6.07) is 12.1. The Bertz CT molecular complexity index is 1240. The van der Waals surface area contributed by atoms with Crippen molar-refractivity contribution in [2.75, 3.05) is 33.1 Å². The van der Waals surface area contributed by atoms with Gasteiger partial charge in [-0.2, -0.15) is 0 Å². The van der Waals surface area contributed by atoms with Crippen LogP contribution in [-0.4, -0.2) is 59.5 Å². The quantitative estimate of drug-likeness (QED) is 0.431. The van der Waals surface area contributed by atoms with Crippen molar-refractivity contribution in [1.82, 2.24) is 19.8 Å². The Morgan fingerprint density at radius 1 is 1.12 bits per heavy atom. The Morgan fingerprint density at radius 3 is 2.62 bits per heavy atom. The highest BCUT2D eigenvalue weighted by molar-refractivity contribution is 7.99. The molecule has 2 aromatic carbocycles. The fourth-order valence-corrected chi connectivity index (χ4v) is 4.35. The van der Waals surface area contributed by atoms with Crippen LogP contribution in [0.4, 0.5) is 4.79 Å². The van der Waals surface area contributed by atoms with Crippen LogP contribution in [0.2, 0.25) is 0 Å². The molecule has 1 saturated heterocycles. The predicted octanol–water partition coefficient (Wildman–Crippen LogP) is 2.11. The van der Waals surface area contributed by atoms with E-state index in [9.17, 15) is 14.4 Å². The standard InChI is InChI=1S/C22H22N4O5S/c1-30-17-8-7-14(11-18(17)31-2)12-26-20(28)15-5-3-4-6-16(15)24-22(26)32-13-19(27)25-10-9-23-21(25)29/h3-8,11H,9-10,12-13H2,1-2H3,(H,23,29). The molecule has 4 rings (SSSR count). The van der Waals surface area contributed by atoms with E-state index in [2.05, 4.69) is 10.3 Å². The second kappa shape index (κ2) is 9.31. The molecule has 0 radical (unpaired) electrons. The van der Waals surface area contributed by atoms with Crippen molar-refractivity contribution in [3.05, 3.63) is 58.4 Å². The minimum absolute atomic E-state index is 0.00979. The normalized spacial score (nSPS) is 13.3. The second-order valence-electron chi connectivity index (χ2n) is 7.06. The summed E-state index contributed by atoms with van der Waals surface area (Å²) in [6.07, 6.45) is 0. The predicted molar refractivity (Wildman–Crippen MR) is 120 cm³/mol. The molecule has 1 N–H and O–H groups in total. The molecule has 166 valence electrons. The summed E-state index contributed by atoms with van der Waals surface area (Å²) >= 11 is 1.13. The maximum atomic E-state index is 13.3. The molecule has 1 aromatic heterocycles. The number of benzene rings is 2. The molecule has 32 heavy (non-hydrogen) atoms. The number of urea groups is 1. The molecule has 3 amide bonds. The van der Waals surface area contributed by atoms with Gasteiger partial charge in [-0.3, -0.25) is 19.1 Å². The number of ether oxygens (including phenoxy) is 2. The average Bonchev–Trinajstić information content (AvgIpc) is 3.25. The van der Waals surface area contributed by atoms with Crippen molar-refractivity contribution < 1.29 is 19.1 Å². The van der Waals surface area contributed by atoms with Gasteiger partial charge in [-0.25, -0.2) is 9.78 Å². The van der Waals surface area contributed by atoms with Gasteiger partial charge in [-0.05, 0) is 29.8 Å². The zero-order valence-corrected chi connectivity index (χ0v) is 18.5. The Morgan fingerprint density at radius 2 is 1.91 bits per heavy atom. The summed E-state index contributed by atoms with van der Waals surface area (Å²) in [5, 5.41) is 3.50. The van der Waals surface area contributed by atoms with Crippen LogP contribution in [0, 0.1) is 0 Å². The topological polar surface area (TPSA) is 103 Å². The molecule has 9 nitrogen and oxygen atoms in total. The Hall–Kier alpha value is -3.53. The first-order valence-corrected chi connectivity index (χ1v) is 10.9. The molecular weight excluding hydrogens is 432 g/mol. The van der Waals surface area contributed by atoms with Crippen LogP contribution in [0.15, 0.2) is 52.4 Å². The van der Waals surface area contributed by atoms with Crippen LogP contribution < -0.4 is 20.3 Å². The second-order valence-corrected chi connectivity index (χ2v) is 8.00. The lowest BCUT2D eigenvalue weighted by Gasteiger charge is -2.16. The van der Waals surface area contributed by atoms with Gasteiger partial charge in [-0.15, -0.1) is 0 Å². The lowest BCUT2D eigenvalue weighted by atomic mass is 10.2. The Balaban J connectivity index is 1.68.